The second kappa shape index (κ2) is 2.00. The summed E-state index contributed by atoms with van der Waals surface area (Å²) >= 11 is 0.838. The molecule has 0 bridgehead atoms. The average Bonchev–Trinajstić information content (AvgIpc) is 2.07. The Morgan fingerprint density at radius 2 is 3.12 bits per heavy atom. The summed E-state index contributed by atoms with van der Waals surface area (Å²) < 4.78 is 31.6. The van der Waals surface area contributed by atoms with Crippen molar-refractivity contribution in [1.82, 2.24) is 4.98 Å². The number of rotatable bonds is 1. The fraction of sp³-hybridized carbons (Fsp3) is 0.250. The van der Waals surface area contributed by atoms with Crippen molar-refractivity contribution < 1.29 is 10.2 Å². The zero-order chi connectivity index (χ0) is 9.35. The molecule has 8 heavy (non-hydrogen) atoms. The summed E-state index contributed by atoms with van der Waals surface area (Å²) in [6.45, 7) is 0. The lowest BCUT2D eigenvalue weighted by atomic mass is 10.9. The van der Waals surface area contributed by atoms with Crippen molar-refractivity contribution in [3.05, 3.63) is 6.17 Å². The maximum Gasteiger partial charge on any atom is 0.274 e. The maximum absolute atomic E-state index is 7.06. The van der Waals surface area contributed by atoms with Crippen molar-refractivity contribution >= 4 is 16.3 Å². The molecule has 0 saturated carbocycles. The van der Waals surface area contributed by atoms with E-state index in [0.29, 0.717) is 0 Å². The van der Waals surface area contributed by atoms with Gasteiger partial charge in [-0.3, -0.25) is 0 Å². The Labute approximate surface area is 56.7 Å². The van der Waals surface area contributed by atoms with E-state index < -0.39 is 7.04 Å². The van der Waals surface area contributed by atoms with Gasteiger partial charge in [-0.1, -0.05) is 11.3 Å². The molecule has 0 amide bonds. The van der Waals surface area contributed by atoms with Crippen molar-refractivity contribution in [2.75, 3.05) is 12.8 Å². The number of anilines is 1. The standard InChI is InChI=1S/C4H6N2OS/c1-7-4-6-2-3(5)8-4/h2H,5H2,1H3/i1D3,2D. The molecular formula is C4H6N2OS. The fourth-order valence-electron chi connectivity index (χ4n) is 0.284. The fourth-order valence-corrected chi connectivity index (χ4v) is 0.696. The monoisotopic (exact) mass is 134 g/mol. The number of nitrogen functional groups attached to an aromatic ring is 1. The highest BCUT2D eigenvalue weighted by molar-refractivity contribution is 7.17. The van der Waals surface area contributed by atoms with Crippen LogP contribution in [0.4, 0.5) is 5.00 Å². The lowest BCUT2D eigenvalue weighted by Crippen LogP contribution is -1.76. The number of aromatic nitrogens is 1. The van der Waals surface area contributed by atoms with Gasteiger partial charge >= 0.3 is 0 Å². The minimum Gasteiger partial charge on any atom is -0.473 e. The Hall–Kier alpha value is -0.770. The minimum absolute atomic E-state index is 0.0995. The number of hydrogen-bond donors (Lipinski definition) is 1. The van der Waals surface area contributed by atoms with E-state index in [4.69, 9.17) is 11.2 Å². The Bertz CT molecular complexity index is 264. The highest BCUT2D eigenvalue weighted by atomic mass is 32.1. The van der Waals surface area contributed by atoms with Gasteiger partial charge in [0.1, 0.15) is 5.00 Å². The molecule has 1 aromatic heterocycles. The molecule has 0 unspecified atom stereocenters. The quantitative estimate of drug-likeness (QED) is 0.616. The van der Waals surface area contributed by atoms with Gasteiger partial charge in [0.05, 0.1) is 18.7 Å². The van der Waals surface area contributed by atoms with Gasteiger partial charge < -0.3 is 10.5 Å². The molecule has 3 nitrogen and oxygen atoms in total. The molecule has 0 aliphatic carbocycles. The summed E-state index contributed by atoms with van der Waals surface area (Å²) in [7, 11) is -2.53. The van der Waals surface area contributed by atoms with E-state index >= 15 is 0 Å². The summed E-state index contributed by atoms with van der Waals surface area (Å²) in [5.41, 5.74) is 5.26. The summed E-state index contributed by atoms with van der Waals surface area (Å²) in [5, 5.41) is 0.0479. The van der Waals surface area contributed by atoms with Crippen molar-refractivity contribution in [3.8, 4) is 5.19 Å². The van der Waals surface area contributed by atoms with Crippen LogP contribution >= 0.6 is 11.3 Å². The SMILES string of the molecule is [2H]c1nc(OC([2H])([2H])[2H])sc1N. The second-order valence-corrected chi connectivity index (χ2v) is 2.05. The van der Waals surface area contributed by atoms with Crippen molar-refractivity contribution in [2.45, 2.75) is 0 Å². The van der Waals surface area contributed by atoms with Crippen LogP contribution in [0.3, 0.4) is 0 Å². The van der Waals surface area contributed by atoms with E-state index in [9.17, 15) is 0 Å². The summed E-state index contributed by atoms with van der Waals surface area (Å²) in [6.07, 6.45) is -0.153. The third-order valence-electron chi connectivity index (χ3n) is 0.542. The number of methoxy groups -OCH3 is 1. The Balaban J connectivity index is 2.77. The molecule has 0 aromatic carbocycles. The van der Waals surface area contributed by atoms with Gasteiger partial charge in [0.25, 0.3) is 5.19 Å². The zero-order valence-electron chi connectivity index (χ0n) is 7.84. The van der Waals surface area contributed by atoms with Crippen LogP contribution in [0.25, 0.3) is 0 Å². The van der Waals surface area contributed by atoms with Crippen molar-refractivity contribution in [2.24, 2.45) is 0 Å². The number of ether oxygens (including phenoxy) is 1. The van der Waals surface area contributed by atoms with Crippen LogP contribution in [0.15, 0.2) is 6.17 Å². The first kappa shape index (κ1) is 2.23. The summed E-state index contributed by atoms with van der Waals surface area (Å²) in [5.74, 6) is 0. The first-order valence-corrected chi connectivity index (χ1v) is 2.62. The van der Waals surface area contributed by atoms with E-state index in [-0.39, 0.29) is 16.4 Å². The van der Waals surface area contributed by atoms with Gasteiger partial charge in [-0.2, -0.15) is 0 Å². The molecule has 44 valence electrons. The molecule has 0 radical (unpaired) electrons. The van der Waals surface area contributed by atoms with Crippen LogP contribution in [0.2, 0.25) is 0 Å². The van der Waals surface area contributed by atoms with E-state index in [1.54, 1.807) is 0 Å². The van der Waals surface area contributed by atoms with Crippen LogP contribution in [-0.4, -0.2) is 12.0 Å². The zero-order valence-corrected chi connectivity index (χ0v) is 4.66. The maximum atomic E-state index is 7.06. The van der Waals surface area contributed by atoms with Gasteiger partial charge in [0.2, 0.25) is 0 Å². The summed E-state index contributed by atoms with van der Waals surface area (Å²) in [4.78, 5) is 3.47. The number of hydrogen-bond acceptors (Lipinski definition) is 4. The molecule has 0 aliphatic rings. The minimum atomic E-state index is -2.53. The van der Waals surface area contributed by atoms with Gasteiger partial charge in [0, 0.05) is 0 Å². The Morgan fingerprint density at radius 3 is 3.62 bits per heavy atom. The van der Waals surface area contributed by atoms with Gasteiger partial charge in [-0.25, -0.2) is 4.98 Å². The van der Waals surface area contributed by atoms with Crippen LogP contribution in [0.5, 0.6) is 5.19 Å². The number of thiazole rings is 1. The van der Waals surface area contributed by atoms with E-state index in [2.05, 4.69) is 9.72 Å². The Kier molecular flexibility index (Phi) is 0.556. The second-order valence-electron chi connectivity index (χ2n) is 1.06. The number of nitrogens with two attached hydrogens (primary N) is 1. The molecule has 0 aliphatic heterocycles. The van der Waals surface area contributed by atoms with Crippen LogP contribution in [0, 0.1) is 0 Å². The summed E-state index contributed by atoms with van der Waals surface area (Å²) in [6, 6.07) is 0. The molecule has 1 heterocycles. The van der Waals surface area contributed by atoms with Crippen LogP contribution in [0.1, 0.15) is 5.48 Å². The van der Waals surface area contributed by atoms with E-state index in [1.165, 1.54) is 0 Å². The molecule has 2 N–H and O–H groups in total. The molecule has 1 aromatic rings. The highest BCUT2D eigenvalue weighted by Crippen LogP contribution is 2.20. The molecular weight excluding hydrogens is 124 g/mol. The Morgan fingerprint density at radius 1 is 2.25 bits per heavy atom. The van der Waals surface area contributed by atoms with Crippen molar-refractivity contribution in [1.29, 1.82) is 0 Å². The molecule has 4 heteroatoms. The third-order valence-corrected chi connectivity index (χ3v) is 1.20. The van der Waals surface area contributed by atoms with Gasteiger partial charge in [-0.05, 0) is 0 Å². The predicted molar refractivity (Wildman–Crippen MR) is 33.1 cm³/mol. The highest BCUT2D eigenvalue weighted by Gasteiger charge is 1.93. The predicted octanol–water partition coefficient (Wildman–Crippen LogP) is 0.734. The van der Waals surface area contributed by atoms with Crippen molar-refractivity contribution in [3.63, 3.8) is 0 Å². The molecule has 1 rings (SSSR count). The molecule has 0 spiro atoms. The molecule has 0 saturated heterocycles. The normalized spacial score (nSPS) is 18.0. The smallest absolute Gasteiger partial charge is 0.274 e. The first-order chi connectivity index (χ1) is 5.38. The average molecular weight is 134 g/mol. The lowest BCUT2D eigenvalue weighted by Gasteiger charge is -1.84. The topological polar surface area (TPSA) is 48.1 Å². The largest absolute Gasteiger partial charge is 0.473 e. The van der Waals surface area contributed by atoms with Crippen LogP contribution < -0.4 is 10.5 Å². The van der Waals surface area contributed by atoms with E-state index in [0.717, 1.165) is 11.3 Å². The first-order valence-electron chi connectivity index (χ1n) is 3.80. The third kappa shape index (κ3) is 0.894. The van der Waals surface area contributed by atoms with E-state index in [1.807, 2.05) is 0 Å². The number of nitrogens with zero attached hydrogens (tertiary/aromatic N) is 1. The van der Waals surface area contributed by atoms with Gasteiger partial charge in [-0.15, -0.1) is 0 Å². The molecule has 0 atom stereocenters. The van der Waals surface area contributed by atoms with Crippen LogP contribution in [-0.2, 0) is 0 Å². The van der Waals surface area contributed by atoms with Gasteiger partial charge in [0.15, 0.2) is 0 Å². The molecule has 0 fully saturated rings. The lowest BCUT2D eigenvalue weighted by molar-refractivity contribution is 0.412.